The molecule has 1 aromatic carbocycles. The first-order valence-electron chi connectivity index (χ1n) is 18.8. The molecule has 0 bridgehead atoms. The Morgan fingerprint density at radius 1 is 0.478 bits per heavy atom. The summed E-state index contributed by atoms with van der Waals surface area (Å²) in [4.78, 5) is 28.8. The number of carbonyl (C=O) groups excluding carboxylic acids is 2. The quantitative estimate of drug-likeness (QED) is 0.0809. The molecule has 1 rings (SSSR count). The van der Waals surface area contributed by atoms with Gasteiger partial charge in [0.15, 0.2) is 0 Å². The molecule has 0 radical (unpaired) electrons. The van der Waals surface area contributed by atoms with E-state index in [1.807, 2.05) is 0 Å². The number of carbonyl (C=O) groups is 2. The van der Waals surface area contributed by atoms with Gasteiger partial charge in [0, 0.05) is 24.5 Å². The maximum Gasteiger partial charge on any atom is 0.411 e. The van der Waals surface area contributed by atoms with Crippen molar-refractivity contribution in [3.8, 4) is 0 Å². The molecule has 0 aliphatic rings. The smallest absolute Gasteiger partial charge is 0.411 e. The van der Waals surface area contributed by atoms with Gasteiger partial charge in [0.25, 0.3) is 0 Å². The van der Waals surface area contributed by atoms with Crippen molar-refractivity contribution >= 4 is 23.6 Å². The second kappa shape index (κ2) is 30.0. The summed E-state index contributed by atoms with van der Waals surface area (Å²) in [6, 6.07) is 6.92. The maximum absolute atomic E-state index is 12.2. The van der Waals surface area contributed by atoms with Gasteiger partial charge in [-0.3, -0.25) is 10.6 Å². The molecule has 0 spiro atoms. The average Bonchev–Trinajstić information content (AvgIpc) is 3.03. The van der Waals surface area contributed by atoms with Gasteiger partial charge in [-0.25, -0.2) is 9.59 Å². The summed E-state index contributed by atoms with van der Waals surface area (Å²) in [5, 5.41) is 5.48. The van der Waals surface area contributed by atoms with Crippen LogP contribution in [0.1, 0.15) is 142 Å². The number of hydrogen-bond acceptors (Lipinski definition) is 6. The number of rotatable bonds is 30. The Morgan fingerprint density at radius 3 is 1.07 bits per heavy atom. The minimum Gasteiger partial charge on any atom is -0.448 e. The molecule has 2 N–H and O–H groups in total. The van der Waals surface area contributed by atoms with Crippen LogP contribution in [0.3, 0.4) is 0 Å². The number of benzene rings is 1. The Balaban J connectivity index is 2.04. The van der Waals surface area contributed by atoms with Crippen LogP contribution in [0.2, 0.25) is 0 Å². The number of anilines is 2. The molecule has 8 heteroatoms. The Labute approximate surface area is 282 Å². The SMILES string of the molecule is CCCCCCCCCCCCN(C)CCOC(=O)Nc1ccc(NC(=O)OCCN(C)CCCCCCCCCCCC)cc1. The van der Waals surface area contributed by atoms with Gasteiger partial charge in [-0.2, -0.15) is 0 Å². The highest BCUT2D eigenvalue weighted by atomic mass is 16.6. The first-order chi connectivity index (χ1) is 22.4. The van der Waals surface area contributed by atoms with E-state index in [1.54, 1.807) is 24.3 Å². The molecule has 1 aromatic rings. The summed E-state index contributed by atoms with van der Waals surface area (Å²) in [6.45, 7) is 8.69. The van der Waals surface area contributed by atoms with Crippen LogP contribution in [-0.2, 0) is 9.47 Å². The number of unbranched alkanes of at least 4 members (excludes halogenated alkanes) is 18. The second-order valence-electron chi connectivity index (χ2n) is 13.1. The monoisotopic (exact) mass is 647 g/mol. The van der Waals surface area contributed by atoms with Crippen molar-refractivity contribution in [2.24, 2.45) is 0 Å². The van der Waals surface area contributed by atoms with Gasteiger partial charge < -0.3 is 19.3 Å². The van der Waals surface area contributed by atoms with E-state index in [0.29, 0.717) is 37.7 Å². The van der Waals surface area contributed by atoms with Gasteiger partial charge in [0.05, 0.1) is 0 Å². The van der Waals surface area contributed by atoms with E-state index in [2.05, 4.69) is 48.4 Å². The van der Waals surface area contributed by atoms with E-state index in [1.165, 1.54) is 128 Å². The lowest BCUT2D eigenvalue weighted by Gasteiger charge is -2.17. The summed E-state index contributed by atoms with van der Waals surface area (Å²) in [6.07, 6.45) is 25.7. The molecule has 0 atom stereocenters. The highest BCUT2D eigenvalue weighted by molar-refractivity contribution is 5.87. The average molecular weight is 647 g/mol. The van der Waals surface area contributed by atoms with Crippen LogP contribution in [-0.4, -0.2) is 75.5 Å². The van der Waals surface area contributed by atoms with Crippen LogP contribution in [0.4, 0.5) is 21.0 Å². The number of likely N-dealkylation sites (N-methyl/N-ethyl adjacent to an activating group) is 2. The van der Waals surface area contributed by atoms with Crippen LogP contribution in [0.25, 0.3) is 0 Å². The normalized spacial score (nSPS) is 11.3. The lowest BCUT2D eigenvalue weighted by molar-refractivity contribution is 0.145. The van der Waals surface area contributed by atoms with E-state index in [9.17, 15) is 9.59 Å². The van der Waals surface area contributed by atoms with Crippen molar-refractivity contribution in [2.75, 3.05) is 64.1 Å². The molecular formula is C38H70N4O4. The van der Waals surface area contributed by atoms with Gasteiger partial charge in [-0.15, -0.1) is 0 Å². The second-order valence-corrected chi connectivity index (χ2v) is 13.1. The first-order valence-corrected chi connectivity index (χ1v) is 18.8. The number of nitrogens with zero attached hydrogens (tertiary/aromatic N) is 2. The Kier molecular flexibility index (Phi) is 27.2. The van der Waals surface area contributed by atoms with Crippen LogP contribution < -0.4 is 10.6 Å². The molecule has 2 amide bonds. The zero-order valence-electron chi connectivity index (χ0n) is 30.2. The standard InChI is InChI=1S/C38H70N4O4/c1-5-7-9-11-13-15-17-19-21-23-29-41(3)31-33-45-37(43)39-35-25-27-36(28-26-35)40-38(44)46-34-32-42(4)30-24-22-20-18-16-14-12-10-8-6-2/h25-28H,5-24,29-34H2,1-4H3,(H,39,43)(H,40,44). The molecule has 0 unspecified atom stereocenters. The molecule has 0 aliphatic carbocycles. The highest BCUT2D eigenvalue weighted by Crippen LogP contribution is 2.15. The lowest BCUT2D eigenvalue weighted by Crippen LogP contribution is -2.26. The van der Waals surface area contributed by atoms with Crippen LogP contribution >= 0.6 is 0 Å². The van der Waals surface area contributed by atoms with E-state index >= 15 is 0 Å². The van der Waals surface area contributed by atoms with Crippen molar-refractivity contribution in [3.05, 3.63) is 24.3 Å². The van der Waals surface area contributed by atoms with E-state index in [4.69, 9.17) is 9.47 Å². The van der Waals surface area contributed by atoms with Crippen LogP contribution in [0.5, 0.6) is 0 Å². The minimum atomic E-state index is -0.477. The number of amides is 2. The van der Waals surface area contributed by atoms with E-state index in [-0.39, 0.29) is 0 Å². The number of hydrogen-bond donors (Lipinski definition) is 2. The summed E-state index contributed by atoms with van der Waals surface area (Å²) in [5.74, 6) is 0. The van der Waals surface area contributed by atoms with Crippen LogP contribution in [0.15, 0.2) is 24.3 Å². The molecule has 0 saturated carbocycles. The minimum absolute atomic E-state index is 0.347. The topological polar surface area (TPSA) is 83.1 Å². The molecule has 46 heavy (non-hydrogen) atoms. The Bertz CT molecular complexity index is 783. The summed E-state index contributed by atoms with van der Waals surface area (Å²) in [7, 11) is 4.15. The summed E-state index contributed by atoms with van der Waals surface area (Å²) >= 11 is 0. The molecule has 0 aromatic heterocycles. The molecule has 0 aliphatic heterocycles. The highest BCUT2D eigenvalue weighted by Gasteiger charge is 2.08. The van der Waals surface area contributed by atoms with Crippen molar-refractivity contribution in [2.45, 2.75) is 142 Å². The van der Waals surface area contributed by atoms with Gasteiger partial charge in [-0.1, -0.05) is 129 Å². The largest absolute Gasteiger partial charge is 0.448 e. The van der Waals surface area contributed by atoms with Crippen LogP contribution in [0, 0.1) is 0 Å². The number of nitrogens with one attached hydrogen (secondary N) is 2. The fourth-order valence-corrected chi connectivity index (χ4v) is 5.50. The predicted octanol–water partition coefficient (Wildman–Crippen LogP) is 10.5. The third kappa shape index (κ3) is 25.8. The van der Waals surface area contributed by atoms with E-state index < -0.39 is 12.2 Å². The maximum atomic E-state index is 12.2. The van der Waals surface area contributed by atoms with E-state index in [0.717, 1.165) is 13.1 Å². The summed E-state index contributed by atoms with van der Waals surface area (Å²) < 4.78 is 10.7. The molecule has 0 fully saturated rings. The third-order valence-corrected chi connectivity index (χ3v) is 8.58. The molecular weight excluding hydrogens is 576 g/mol. The van der Waals surface area contributed by atoms with Crippen molar-refractivity contribution in [1.82, 2.24) is 9.80 Å². The Morgan fingerprint density at radius 2 is 0.761 bits per heavy atom. The first kappa shape index (κ1) is 41.7. The zero-order valence-corrected chi connectivity index (χ0v) is 30.2. The van der Waals surface area contributed by atoms with Gasteiger partial charge in [-0.05, 0) is 64.3 Å². The van der Waals surface area contributed by atoms with Crippen molar-refractivity contribution in [1.29, 1.82) is 0 Å². The van der Waals surface area contributed by atoms with Crippen molar-refractivity contribution < 1.29 is 19.1 Å². The molecule has 0 saturated heterocycles. The van der Waals surface area contributed by atoms with Crippen molar-refractivity contribution in [3.63, 3.8) is 0 Å². The molecule has 8 nitrogen and oxygen atoms in total. The van der Waals surface area contributed by atoms with Gasteiger partial charge in [0.2, 0.25) is 0 Å². The molecule has 266 valence electrons. The third-order valence-electron chi connectivity index (χ3n) is 8.58. The number of ether oxygens (including phenoxy) is 2. The van der Waals surface area contributed by atoms with Gasteiger partial charge >= 0.3 is 12.2 Å². The molecule has 0 heterocycles. The fourth-order valence-electron chi connectivity index (χ4n) is 5.50. The zero-order chi connectivity index (χ0) is 33.5. The Hall–Kier alpha value is -2.32. The lowest BCUT2D eigenvalue weighted by atomic mass is 10.1. The fraction of sp³-hybridized carbons (Fsp3) is 0.789. The predicted molar refractivity (Wildman–Crippen MR) is 195 cm³/mol. The summed E-state index contributed by atoms with van der Waals surface area (Å²) in [5.41, 5.74) is 1.22. The van der Waals surface area contributed by atoms with Gasteiger partial charge in [0.1, 0.15) is 13.2 Å².